The number of halogens is 1. The highest BCUT2D eigenvalue weighted by atomic mass is 35.5. The first kappa shape index (κ1) is 26.3. The van der Waals surface area contributed by atoms with E-state index in [0.29, 0.717) is 29.1 Å². The summed E-state index contributed by atoms with van der Waals surface area (Å²) in [6, 6.07) is 15.4. The van der Waals surface area contributed by atoms with Crippen molar-refractivity contribution in [1.29, 1.82) is 0 Å². The lowest BCUT2D eigenvalue weighted by molar-refractivity contribution is -0.139. The van der Waals surface area contributed by atoms with E-state index in [4.69, 9.17) is 16.3 Å². The number of urea groups is 1. The third-order valence-corrected chi connectivity index (χ3v) is 6.44. The van der Waals surface area contributed by atoms with Gasteiger partial charge in [0.15, 0.2) is 0 Å². The molecule has 0 bridgehead atoms. The maximum Gasteiger partial charge on any atom is 0.338 e. The fourth-order valence-corrected chi connectivity index (χ4v) is 3.92. The highest BCUT2D eigenvalue weighted by Gasteiger charge is 2.38. The third kappa shape index (κ3) is 5.85. The van der Waals surface area contributed by atoms with Gasteiger partial charge in [-0.1, -0.05) is 49.4 Å². The number of carbonyl (C=O) groups excluding carboxylic acids is 3. The van der Waals surface area contributed by atoms with E-state index < -0.39 is 17.4 Å². The van der Waals surface area contributed by atoms with Gasteiger partial charge >= 0.3 is 12.0 Å². The summed E-state index contributed by atoms with van der Waals surface area (Å²) in [7, 11) is 0. The van der Waals surface area contributed by atoms with Crippen LogP contribution in [0.3, 0.4) is 0 Å². The van der Waals surface area contributed by atoms with E-state index in [9.17, 15) is 14.4 Å². The van der Waals surface area contributed by atoms with Crippen molar-refractivity contribution in [3.05, 3.63) is 71.3 Å². The predicted molar refractivity (Wildman–Crippen MR) is 138 cm³/mol. The lowest BCUT2D eigenvalue weighted by Gasteiger charge is -2.36. The topological polar surface area (TPSA) is 87.7 Å². The molecule has 3 rings (SSSR count). The molecular formula is C27H32ClN3O4. The van der Waals surface area contributed by atoms with Gasteiger partial charge in [-0.15, -0.1) is 11.6 Å². The Balaban J connectivity index is 2.07. The SMILES string of the molecule is CCCN1C(=O)N[C@@H](c2ccc(NC(=O)C(C)(C)CCl)cc2)C(C(=O)OCC)=C1c1ccccc1. The Bertz CT molecular complexity index is 1100. The predicted octanol–water partition coefficient (Wildman–Crippen LogP) is 5.34. The molecule has 0 spiro atoms. The molecule has 1 aliphatic heterocycles. The minimum atomic E-state index is -0.718. The second-order valence-corrected chi connectivity index (χ2v) is 9.24. The number of alkyl halides is 1. The molecular weight excluding hydrogens is 466 g/mol. The van der Waals surface area contributed by atoms with E-state index in [0.717, 1.165) is 12.0 Å². The minimum absolute atomic E-state index is 0.190. The van der Waals surface area contributed by atoms with Crippen molar-refractivity contribution in [3.63, 3.8) is 0 Å². The molecule has 2 N–H and O–H groups in total. The van der Waals surface area contributed by atoms with Gasteiger partial charge in [-0.3, -0.25) is 9.69 Å². The molecule has 0 unspecified atom stereocenters. The van der Waals surface area contributed by atoms with Crippen LogP contribution in [0.1, 0.15) is 51.3 Å². The van der Waals surface area contributed by atoms with Gasteiger partial charge in [-0.05, 0) is 50.5 Å². The fraction of sp³-hybridized carbons (Fsp3) is 0.370. The smallest absolute Gasteiger partial charge is 0.338 e. The highest BCUT2D eigenvalue weighted by Crippen LogP contribution is 2.37. The lowest BCUT2D eigenvalue weighted by atomic mass is 9.91. The zero-order chi connectivity index (χ0) is 25.6. The Morgan fingerprint density at radius 2 is 1.74 bits per heavy atom. The lowest BCUT2D eigenvalue weighted by Crippen LogP contribution is -2.48. The summed E-state index contributed by atoms with van der Waals surface area (Å²) < 4.78 is 5.43. The van der Waals surface area contributed by atoms with Crippen molar-refractivity contribution in [1.82, 2.24) is 10.2 Å². The molecule has 0 saturated carbocycles. The number of ether oxygens (including phenoxy) is 1. The van der Waals surface area contributed by atoms with Crippen molar-refractivity contribution >= 4 is 40.9 Å². The van der Waals surface area contributed by atoms with Crippen LogP contribution in [0.2, 0.25) is 0 Å². The van der Waals surface area contributed by atoms with Gasteiger partial charge in [0.2, 0.25) is 5.91 Å². The van der Waals surface area contributed by atoms with Gasteiger partial charge in [0.25, 0.3) is 0 Å². The van der Waals surface area contributed by atoms with Crippen LogP contribution in [-0.2, 0) is 14.3 Å². The molecule has 0 saturated heterocycles. The quantitative estimate of drug-likeness (QED) is 0.361. The first-order chi connectivity index (χ1) is 16.7. The molecule has 1 heterocycles. The van der Waals surface area contributed by atoms with E-state index in [2.05, 4.69) is 10.6 Å². The Labute approximate surface area is 211 Å². The molecule has 3 amide bonds. The van der Waals surface area contributed by atoms with Crippen molar-refractivity contribution in [2.45, 2.75) is 40.2 Å². The molecule has 0 aliphatic carbocycles. The number of carbonyl (C=O) groups is 3. The van der Waals surface area contributed by atoms with Crippen LogP contribution in [0.25, 0.3) is 5.70 Å². The molecule has 0 radical (unpaired) electrons. The first-order valence-corrected chi connectivity index (χ1v) is 12.3. The van der Waals surface area contributed by atoms with Gasteiger partial charge < -0.3 is 15.4 Å². The van der Waals surface area contributed by atoms with Crippen LogP contribution < -0.4 is 10.6 Å². The van der Waals surface area contributed by atoms with Crippen molar-refractivity contribution in [2.75, 3.05) is 24.3 Å². The molecule has 1 atom stereocenters. The van der Waals surface area contributed by atoms with Crippen LogP contribution in [0.15, 0.2) is 60.2 Å². The summed E-state index contributed by atoms with van der Waals surface area (Å²) in [6.45, 7) is 7.92. The van der Waals surface area contributed by atoms with Gasteiger partial charge in [-0.25, -0.2) is 9.59 Å². The standard InChI is InChI=1S/C27H32ClN3O4/c1-5-16-31-23(19-10-8-7-9-11-19)21(24(32)35-6-2)22(30-26(31)34)18-12-14-20(15-13-18)29-25(33)27(3,4)17-28/h7-15,22H,5-6,16-17H2,1-4H3,(H,29,33)(H,30,34)/t22-/m0/s1. The molecule has 0 fully saturated rings. The number of hydrogen-bond acceptors (Lipinski definition) is 4. The van der Waals surface area contributed by atoms with Crippen LogP contribution in [0.5, 0.6) is 0 Å². The second kappa shape index (κ2) is 11.4. The van der Waals surface area contributed by atoms with Gasteiger partial charge in [0.1, 0.15) is 0 Å². The summed E-state index contributed by atoms with van der Waals surface area (Å²) in [5, 5.41) is 5.84. The van der Waals surface area contributed by atoms with Gasteiger partial charge in [-0.2, -0.15) is 0 Å². The van der Waals surface area contributed by atoms with E-state index >= 15 is 0 Å². The van der Waals surface area contributed by atoms with Gasteiger partial charge in [0, 0.05) is 18.1 Å². The number of nitrogens with one attached hydrogen (secondary N) is 2. The van der Waals surface area contributed by atoms with E-state index in [1.54, 1.807) is 49.9 Å². The Hall–Kier alpha value is -3.32. The average molecular weight is 498 g/mol. The third-order valence-electron chi connectivity index (χ3n) is 5.77. The largest absolute Gasteiger partial charge is 0.463 e. The number of anilines is 1. The molecule has 1 aliphatic rings. The zero-order valence-electron chi connectivity index (χ0n) is 20.6. The minimum Gasteiger partial charge on any atom is -0.463 e. The van der Waals surface area contributed by atoms with Crippen molar-refractivity contribution in [3.8, 4) is 0 Å². The summed E-state index contributed by atoms with van der Waals surface area (Å²) in [5.74, 6) is -0.492. The molecule has 0 aromatic heterocycles. The molecule has 2 aromatic carbocycles. The van der Waals surface area contributed by atoms with E-state index in [1.165, 1.54) is 0 Å². The Morgan fingerprint density at radius 1 is 1.09 bits per heavy atom. The summed E-state index contributed by atoms with van der Waals surface area (Å²) >= 11 is 5.91. The monoisotopic (exact) mass is 497 g/mol. The molecule has 35 heavy (non-hydrogen) atoms. The maximum atomic E-state index is 13.3. The van der Waals surface area contributed by atoms with E-state index in [-0.39, 0.29) is 24.4 Å². The van der Waals surface area contributed by atoms with E-state index in [1.807, 2.05) is 37.3 Å². The number of amides is 3. The average Bonchev–Trinajstić information content (AvgIpc) is 2.86. The zero-order valence-corrected chi connectivity index (χ0v) is 21.3. The number of hydrogen-bond donors (Lipinski definition) is 2. The molecule has 2 aromatic rings. The number of nitrogens with zero attached hydrogens (tertiary/aromatic N) is 1. The molecule has 8 heteroatoms. The molecule has 7 nitrogen and oxygen atoms in total. The number of esters is 1. The highest BCUT2D eigenvalue weighted by molar-refractivity contribution is 6.20. The Morgan fingerprint density at radius 3 is 2.31 bits per heavy atom. The summed E-state index contributed by atoms with van der Waals surface area (Å²) in [5.41, 5.74) is 2.24. The maximum absolute atomic E-state index is 13.3. The summed E-state index contributed by atoms with van der Waals surface area (Å²) in [6.07, 6.45) is 0.720. The number of benzene rings is 2. The van der Waals surface area contributed by atoms with Crippen LogP contribution in [0.4, 0.5) is 10.5 Å². The first-order valence-electron chi connectivity index (χ1n) is 11.8. The van der Waals surface area contributed by atoms with Crippen molar-refractivity contribution < 1.29 is 19.1 Å². The van der Waals surface area contributed by atoms with Crippen LogP contribution in [-0.4, -0.2) is 41.8 Å². The number of rotatable bonds is 9. The van der Waals surface area contributed by atoms with Crippen LogP contribution >= 0.6 is 11.6 Å². The molecule has 186 valence electrons. The van der Waals surface area contributed by atoms with Gasteiger partial charge in [0.05, 0.1) is 29.3 Å². The van der Waals surface area contributed by atoms with Crippen LogP contribution in [0, 0.1) is 5.41 Å². The second-order valence-electron chi connectivity index (χ2n) is 8.98. The normalized spacial score (nSPS) is 16.1. The van der Waals surface area contributed by atoms with Crippen molar-refractivity contribution in [2.24, 2.45) is 5.41 Å². The summed E-state index contributed by atoms with van der Waals surface area (Å²) in [4.78, 5) is 40.5. The fourth-order valence-electron chi connectivity index (χ4n) is 3.79. The Kier molecular flexibility index (Phi) is 8.57.